The minimum Gasteiger partial charge on any atom is -0.496 e. The molecule has 0 bridgehead atoms. The predicted octanol–water partition coefficient (Wildman–Crippen LogP) is 4.59. The Morgan fingerprint density at radius 3 is 2.46 bits per heavy atom. The zero-order valence-corrected chi connectivity index (χ0v) is 19.7. The lowest BCUT2D eigenvalue weighted by Gasteiger charge is -2.09. The van der Waals surface area contributed by atoms with E-state index in [1.165, 1.54) is 0 Å². The standard InChI is InChI=1S/C26H26N8O/c1-3-4-13-24-28-25(21-11-7-8-12-23(21)35-2)31-34(24)17-18-14-15-22(27-16-18)19-9-5-6-10-20(19)26-29-32-33-30-26/h5-12,14-16H,3-4,13,17H2,1-2H3,(H,29,30,32,33). The van der Waals surface area contributed by atoms with Crippen LogP contribution in [0.3, 0.4) is 0 Å². The third kappa shape index (κ3) is 4.79. The minimum absolute atomic E-state index is 0.585. The largest absolute Gasteiger partial charge is 0.496 e. The lowest BCUT2D eigenvalue weighted by Crippen LogP contribution is -2.07. The molecule has 0 fully saturated rings. The average Bonchev–Trinajstić information content (AvgIpc) is 3.58. The Hall–Kier alpha value is -4.40. The number of aromatic nitrogens is 8. The smallest absolute Gasteiger partial charge is 0.185 e. The lowest BCUT2D eigenvalue weighted by atomic mass is 10.0. The molecule has 0 atom stereocenters. The molecular formula is C26H26N8O. The van der Waals surface area contributed by atoms with Crippen molar-refractivity contribution in [3.8, 4) is 39.8 Å². The molecule has 3 heterocycles. The van der Waals surface area contributed by atoms with Gasteiger partial charge in [-0.3, -0.25) is 4.98 Å². The molecule has 0 saturated carbocycles. The van der Waals surface area contributed by atoms with E-state index in [9.17, 15) is 0 Å². The van der Waals surface area contributed by atoms with E-state index in [0.29, 0.717) is 18.2 Å². The van der Waals surface area contributed by atoms with Gasteiger partial charge in [-0.15, -0.1) is 5.10 Å². The van der Waals surface area contributed by atoms with Crippen molar-refractivity contribution in [1.82, 2.24) is 40.4 Å². The van der Waals surface area contributed by atoms with Gasteiger partial charge >= 0.3 is 0 Å². The summed E-state index contributed by atoms with van der Waals surface area (Å²) in [5.41, 5.74) is 4.64. The highest BCUT2D eigenvalue weighted by atomic mass is 16.5. The van der Waals surface area contributed by atoms with Gasteiger partial charge < -0.3 is 4.74 Å². The van der Waals surface area contributed by atoms with Gasteiger partial charge in [0.2, 0.25) is 0 Å². The zero-order chi connectivity index (χ0) is 24.0. The molecule has 35 heavy (non-hydrogen) atoms. The normalized spacial score (nSPS) is 11.0. The molecule has 5 rings (SSSR count). The van der Waals surface area contributed by atoms with Gasteiger partial charge in [0.25, 0.3) is 0 Å². The van der Waals surface area contributed by atoms with E-state index in [1.54, 1.807) is 7.11 Å². The molecule has 9 nitrogen and oxygen atoms in total. The highest BCUT2D eigenvalue weighted by Crippen LogP contribution is 2.29. The van der Waals surface area contributed by atoms with Crippen LogP contribution in [0.5, 0.6) is 5.75 Å². The maximum atomic E-state index is 5.53. The van der Waals surface area contributed by atoms with E-state index in [1.807, 2.05) is 65.5 Å². The fourth-order valence-corrected chi connectivity index (χ4v) is 4.00. The third-order valence-corrected chi connectivity index (χ3v) is 5.81. The van der Waals surface area contributed by atoms with Crippen molar-refractivity contribution in [2.45, 2.75) is 32.7 Å². The molecule has 0 unspecified atom stereocenters. The Morgan fingerprint density at radius 1 is 0.943 bits per heavy atom. The summed E-state index contributed by atoms with van der Waals surface area (Å²) in [5.74, 6) is 3.00. The van der Waals surface area contributed by atoms with Gasteiger partial charge in [-0.05, 0) is 40.6 Å². The van der Waals surface area contributed by atoms with Gasteiger partial charge in [-0.2, -0.15) is 5.10 Å². The van der Waals surface area contributed by atoms with Gasteiger partial charge in [0.15, 0.2) is 11.6 Å². The van der Waals surface area contributed by atoms with Crippen molar-refractivity contribution in [2.75, 3.05) is 7.11 Å². The fraction of sp³-hybridized carbons (Fsp3) is 0.231. The van der Waals surface area contributed by atoms with Gasteiger partial charge in [0, 0.05) is 23.7 Å². The Labute approximate surface area is 203 Å². The topological polar surface area (TPSA) is 107 Å². The van der Waals surface area contributed by atoms with Crippen molar-refractivity contribution in [1.29, 1.82) is 0 Å². The lowest BCUT2D eigenvalue weighted by molar-refractivity contribution is 0.416. The van der Waals surface area contributed by atoms with Crippen LogP contribution < -0.4 is 4.74 Å². The Kier molecular flexibility index (Phi) is 6.56. The summed E-state index contributed by atoms with van der Waals surface area (Å²) in [7, 11) is 1.66. The fourth-order valence-electron chi connectivity index (χ4n) is 4.00. The van der Waals surface area contributed by atoms with Gasteiger partial charge in [-0.1, -0.05) is 55.8 Å². The first-order valence-electron chi connectivity index (χ1n) is 11.6. The van der Waals surface area contributed by atoms with E-state index in [2.05, 4.69) is 33.6 Å². The highest BCUT2D eigenvalue weighted by molar-refractivity contribution is 5.78. The quantitative estimate of drug-likeness (QED) is 0.339. The second-order valence-corrected chi connectivity index (χ2v) is 8.16. The monoisotopic (exact) mass is 466 g/mol. The molecule has 5 aromatic rings. The molecular weight excluding hydrogens is 440 g/mol. The number of hydrogen-bond donors (Lipinski definition) is 1. The number of rotatable bonds is 9. The second-order valence-electron chi connectivity index (χ2n) is 8.16. The van der Waals surface area contributed by atoms with Crippen molar-refractivity contribution in [3.05, 3.63) is 78.2 Å². The van der Waals surface area contributed by atoms with E-state index < -0.39 is 0 Å². The molecule has 3 aromatic heterocycles. The number of methoxy groups -OCH3 is 1. The summed E-state index contributed by atoms with van der Waals surface area (Å²) >= 11 is 0. The number of pyridine rings is 1. The second kappa shape index (κ2) is 10.3. The summed E-state index contributed by atoms with van der Waals surface area (Å²) in [4.78, 5) is 9.59. The highest BCUT2D eigenvalue weighted by Gasteiger charge is 2.16. The van der Waals surface area contributed by atoms with Crippen LogP contribution in [0.15, 0.2) is 66.9 Å². The van der Waals surface area contributed by atoms with E-state index >= 15 is 0 Å². The first kappa shape index (κ1) is 22.4. The molecule has 0 aliphatic heterocycles. The van der Waals surface area contributed by atoms with Crippen LogP contribution in [0.4, 0.5) is 0 Å². The Balaban J connectivity index is 1.43. The summed E-state index contributed by atoms with van der Waals surface area (Å²) in [6.07, 6.45) is 4.89. The van der Waals surface area contributed by atoms with Crippen LogP contribution in [0, 0.1) is 0 Å². The molecule has 0 spiro atoms. The molecule has 1 N–H and O–H groups in total. The average molecular weight is 467 g/mol. The van der Waals surface area contributed by atoms with Crippen LogP contribution in [0.25, 0.3) is 34.0 Å². The predicted molar refractivity (Wildman–Crippen MR) is 133 cm³/mol. The molecule has 0 aliphatic carbocycles. The van der Waals surface area contributed by atoms with E-state index in [-0.39, 0.29) is 0 Å². The maximum Gasteiger partial charge on any atom is 0.185 e. The Bertz CT molecular complexity index is 1390. The summed E-state index contributed by atoms with van der Waals surface area (Å²) in [6, 6.07) is 19.8. The van der Waals surface area contributed by atoms with Crippen LogP contribution >= 0.6 is 0 Å². The van der Waals surface area contributed by atoms with Crippen LogP contribution in [-0.2, 0) is 13.0 Å². The van der Waals surface area contributed by atoms with Gasteiger partial charge in [0.05, 0.1) is 24.9 Å². The summed E-state index contributed by atoms with van der Waals surface area (Å²) in [5, 5.41) is 19.1. The first-order valence-corrected chi connectivity index (χ1v) is 11.6. The number of benzene rings is 2. The zero-order valence-electron chi connectivity index (χ0n) is 19.7. The van der Waals surface area contributed by atoms with Crippen molar-refractivity contribution >= 4 is 0 Å². The van der Waals surface area contributed by atoms with E-state index in [0.717, 1.165) is 58.8 Å². The van der Waals surface area contributed by atoms with Crippen molar-refractivity contribution in [2.24, 2.45) is 0 Å². The SMILES string of the molecule is CCCCc1nc(-c2ccccc2OC)nn1Cc1ccc(-c2ccccc2-c2nnn[nH]2)nc1. The van der Waals surface area contributed by atoms with Gasteiger partial charge in [0.1, 0.15) is 11.6 Å². The minimum atomic E-state index is 0.585. The number of ether oxygens (including phenoxy) is 1. The number of unbranched alkanes of at least 4 members (excludes halogenated alkanes) is 1. The number of para-hydroxylation sites is 1. The van der Waals surface area contributed by atoms with Crippen molar-refractivity contribution < 1.29 is 4.74 Å². The number of hydrogen-bond acceptors (Lipinski definition) is 7. The molecule has 0 radical (unpaired) electrons. The number of H-pyrrole nitrogens is 1. The van der Waals surface area contributed by atoms with Crippen LogP contribution in [-0.4, -0.2) is 47.5 Å². The molecule has 0 saturated heterocycles. The maximum absolute atomic E-state index is 5.53. The molecule has 2 aromatic carbocycles. The summed E-state index contributed by atoms with van der Waals surface area (Å²) in [6.45, 7) is 2.76. The number of nitrogens with one attached hydrogen (secondary N) is 1. The Morgan fingerprint density at radius 2 is 1.74 bits per heavy atom. The van der Waals surface area contributed by atoms with Crippen LogP contribution in [0.2, 0.25) is 0 Å². The first-order chi connectivity index (χ1) is 17.3. The van der Waals surface area contributed by atoms with E-state index in [4.69, 9.17) is 19.8 Å². The molecule has 176 valence electrons. The third-order valence-electron chi connectivity index (χ3n) is 5.81. The number of aryl methyl sites for hydroxylation is 1. The molecule has 0 aliphatic rings. The molecule has 9 heteroatoms. The van der Waals surface area contributed by atoms with Crippen LogP contribution in [0.1, 0.15) is 31.2 Å². The van der Waals surface area contributed by atoms with Gasteiger partial charge in [-0.25, -0.2) is 14.8 Å². The number of tetrazole rings is 1. The number of nitrogens with zero attached hydrogens (tertiary/aromatic N) is 7. The number of aromatic amines is 1. The summed E-state index contributed by atoms with van der Waals surface area (Å²) < 4.78 is 7.50. The van der Waals surface area contributed by atoms with Crippen molar-refractivity contribution in [3.63, 3.8) is 0 Å². The molecule has 0 amide bonds.